The normalized spacial score (nSPS) is 31.9. The first-order chi connectivity index (χ1) is 15.2. The molecule has 3 fully saturated rings. The molecular weight excluding hydrogens is 416 g/mol. The number of hydrogen-bond donors (Lipinski definition) is 2. The summed E-state index contributed by atoms with van der Waals surface area (Å²) >= 11 is 0. The van der Waals surface area contributed by atoms with Crippen molar-refractivity contribution in [2.24, 2.45) is 23.7 Å². The van der Waals surface area contributed by atoms with Crippen LogP contribution in [0.15, 0.2) is 12.2 Å². The van der Waals surface area contributed by atoms with Crippen LogP contribution in [-0.4, -0.2) is 45.3 Å². The summed E-state index contributed by atoms with van der Waals surface area (Å²) in [4.78, 5) is 47.2. The molecule has 5 aliphatic carbocycles. The van der Waals surface area contributed by atoms with Gasteiger partial charge in [0.15, 0.2) is 0 Å². The second-order valence-corrected chi connectivity index (χ2v) is 9.97. The Morgan fingerprint density at radius 2 is 1.03 bits per heavy atom. The summed E-state index contributed by atoms with van der Waals surface area (Å²) in [6.07, 6.45) is 11.3. The third-order valence-electron chi connectivity index (χ3n) is 8.09. The minimum absolute atomic E-state index is 0.0674. The summed E-state index contributed by atoms with van der Waals surface area (Å²) in [6.45, 7) is 0. The van der Waals surface area contributed by atoms with Crippen molar-refractivity contribution in [2.75, 3.05) is 0 Å². The van der Waals surface area contributed by atoms with Gasteiger partial charge in [-0.1, -0.05) is 12.2 Å². The summed E-state index contributed by atoms with van der Waals surface area (Å²) in [7, 11) is 0. The highest BCUT2D eigenvalue weighted by atomic mass is 16.6. The van der Waals surface area contributed by atoms with Crippen LogP contribution < -0.4 is 0 Å². The quantitative estimate of drug-likeness (QED) is 0.328. The number of allylic oxidation sites excluding steroid dienone is 2. The zero-order chi connectivity index (χ0) is 22.9. The zero-order valence-electron chi connectivity index (χ0n) is 18.3. The van der Waals surface area contributed by atoms with Crippen LogP contribution in [0.1, 0.15) is 77.0 Å². The van der Waals surface area contributed by atoms with Crippen LogP contribution >= 0.6 is 0 Å². The highest BCUT2D eigenvalue weighted by Crippen LogP contribution is 2.61. The van der Waals surface area contributed by atoms with Crippen molar-refractivity contribution in [1.29, 1.82) is 0 Å². The van der Waals surface area contributed by atoms with Crippen molar-refractivity contribution in [1.82, 2.24) is 0 Å². The van der Waals surface area contributed by atoms with Gasteiger partial charge < -0.3 is 19.7 Å². The van der Waals surface area contributed by atoms with E-state index in [1.165, 1.54) is 0 Å². The smallest absolute Gasteiger partial charge is 0.317 e. The van der Waals surface area contributed by atoms with Crippen LogP contribution in [0.4, 0.5) is 0 Å². The first-order valence-electron chi connectivity index (χ1n) is 11.8. The molecule has 0 aliphatic heterocycles. The molecule has 2 N–H and O–H groups in total. The van der Waals surface area contributed by atoms with E-state index in [4.69, 9.17) is 19.7 Å². The highest BCUT2D eigenvalue weighted by molar-refractivity contribution is 5.90. The molecule has 0 radical (unpaired) electrons. The van der Waals surface area contributed by atoms with E-state index in [1.807, 2.05) is 0 Å². The molecule has 4 atom stereocenters. The molecule has 5 aliphatic rings. The Morgan fingerprint density at radius 3 is 1.31 bits per heavy atom. The first kappa shape index (κ1) is 22.8. The van der Waals surface area contributed by atoms with Crippen molar-refractivity contribution >= 4 is 23.9 Å². The second-order valence-electron chi connectivity index (χ2n) is 9.97. The van der Waals surface area contributed by atoms with Gasteiger partial charge in [0.1, 0.15) is 24.0 Å². The van der Waals surface area contributed by atoms with E-state index in [2.05, 4.69) is 12.2 Å². The molecule has 3 saturated carbocycles. The van der Waals surface area contributed by atoms with E-state index >= 15 is 0 Å². The van der Waals surface area contributed by atoms with Crippen molar-refractivity contribution in [3.63, 3.8) is 0 Å². The number of carboxylic acids is 2. The number of ether oxygens (including phenoxy) is 2. The molecule has 32 heavy (non-hydrogen) atoms. The van der Waals surface area contributed by atoms with E-state index in [0.717, 1.165) is 38.5 Å². The lowest BCUT2D eigenvalue weighted by Gasteiger charge is -2.57. The predicted octanol–water partition coefficient (Wildman–Crippen LogP) is 3.48. The van der Waals surface area contributed by atoms with Crippen LogP contribution in [0.25, 0.3) is 0 Å². The van der Waals surface area contributed by atoms with E-state index in [0.29, 0.717) is 25.7 Å². The summed E-state index contributed by atoms with van der Waals surface area (Å²) in [5.41, 5.74) is -1.53. The fourth-order valence-electron chi connectivity index (χ4n) is 7.16. The molecule has 0 aromatic carbocycles. The molecule has 0 heterocycles. The zero-order valence-corrected chi connectivity index (χ0v) is 18.3. The van der Waals surface area contributed by atoms with Crippen LogP contribution in [0.2, 0.25) is 0 Å². The predicted molar refractivity (Wildman–Crippen MR) is 111 cm³/mol. The molecule has 4 unspecified atom stereocenters. The minimum Gasteiger partial charge on any atom is -0.481 e. The molecule has 8 nitrogen and oxygen atoms in total. The minimum atomic E-state index is -1.21. The lowest BCUT2D eigenvalue weighted by molar-refractivity contribution is -0.204. The van der Waals surface area contributed by atoms with E-state index in [1.54, 1.807) is 0 Å². The molecule has 2 bridgehead atoms. The molecular formula is C24H32O8. The van der Waals surface area contributed by atoms with Gasteiger partial charge in [0.2, 0.25) is 0 Å². The monoisotopic (exact) mass is 448 g/mol. The fourth-order valence-corrected chi connectivity index (χ4v) is 7.16. The van der Waals surface area contributed by atoms with Crippen molar-refractivity contribution in [2.45, 2.75) is 88.3 Å². The van der Waals surface area contributed by atoms with Gasteiger partial charge in [0.25, 0.3) is 0 Å². The molecule has 0 aromatic heterocycles. The average molecular weight is 449 g/mol. The van der Waals surface area contributed by atoms with Crippen LogP contribution in [0.3, 0.4) is 0 Å². The van der Waals surface area contributed by atoms with Crippen LogP contribution in [0.5, 0.6) is 0 Å². The molecule has 8 heteroatoms. The Labute approximate surface area is 187 Å². The SMILES string of the molecule is O=C(O)CC(=O)OC1(C2C3C=CC(CC3)C2C2(OC(=O)CC(=O)O)CCCC2)CCCC1. The maximum Gasteiger partial charge on any atom is 0.317 e. The molecule has 0 saturated heterocycles. The van der Waals surface area contributed by atoms with Gasteiger partial charge >= 0.3 is 23.9 Å². The topological polar surface area (TPSA) is 127 Å². The maximum atomic E-state index is 12.5. The van der Waals surface area contributed by atoms with E-state index in [-0.39, 0.29) is 23.7 Å². The third-order valence-corrected chi connectivity index (χ3v) is 8.09. The van der Waals surface area contributed by atoms with Crippen LogP contribution in [0, 0.1) is 23.7 Å². The molecule has 0 amide bonds. The maximum absolute atomic E-state index is 12.5. The third kappa shape index (κ3) is 4.28. The first-order valence-corrected chi connectivity index (χ1v) is 11.8. The molecule has 5 rings (SSSR count). The van der Waals surface area contributed by atoms with Crippen molar-refractivity contribution in [3.05, 3.63) is 12.2 Å². The van der Waals surface area contributed by atoms with Crippen molar-refractivity contribution in [3.8, 4) is 0 Å². The number of carbonyl (C=O) groups excluding carboxylic acids is 2. The number of rotatable bonds is 8. The number of aliphatic carboxylic acids is 2. The van der Waals surface area contributed by atoms with Crippen molar-refractivity contribution < 1.29 is 38.9 Å². The fraction of sp³-hybridized carbons (Fsp3) is 0.750. The van der Waals surface area contributed by atoms with Gasteiger partial charge in [-0.25, -0.2) is 0 Å². The number of carboxylic acid groups (broad SMARTS) is 2. The molecule has 0 spiro atoms. The van der Waals surface area contributed by atoms with Gasteiger partial charge in [-0.05, 0) is 76.0 Å². The van der Waals surface area contributed by atoms with Gasteiger partial charge in [-0.15, -0.1) is 0 Å². The summed E-state index contributed by atoms with van der Waals surface area (Å²) < 4.78 is 12.0. The number of hydrogen-bond acceptors (Lipinski definition) is 6. The largest absolute Gasteiger partial charge is 0.481 e. The Kier molecular flexibility index (Phi) is 6.32. The molecule has 0 aromatic rings. The van der Waals surface area contributed by atoms with E-state index in [9.17, 15) is 19.2 Å². The summed E-state index contributed by atoms with van der Waals surface area (Å²) in [5, 5.41) is 18.2. The van der Waals surface area contributed by atoms with Gasteiger partial charge in [-0.2, -0.15) is 0 Å². The Hall–Kier alpha value is -2.38. The van der Waals surface area contributed by atoms with Crippen LogP contribution in [-0.2, 0) is 28.7 Å². The summed E-state index contributed by atoms with van der Waals surface area (Å²) in [6, 6.07) is 0. The summed E-state index contributed by atoms with van der Waals surface area (Å²) in [5.74, 6) is -3.66. The number of esters is 2. The van der Waals surface area contributed by atoms with Gasteiger partial charge in [0, 0.05) is 11.8 Å². The highest BCUT2D eigenvalue weighted by Gasteiger charge is 2.62. The number of carbonyl (C=O) groups is 4. The van der Waals surface area contributed by atoms with E-state index < -0.39 is 47.9 Å². The molecule has 176 valence electrons. The Bertz CT molecular complexity index is 737. The lowest BCUT2D eigenvalue weighted by atomic mass is 9.52. The number of fused-ring (bicyclic) bond motifs is 2. The van der Waals surface area contributed by atoms with Gasteiger partial charge in [-0.3, -0.25) is 19.2 Å². The van der Waals surface area contributed by atoms with Gasteiger partial charge in [0.05, 0.1) is 0 Å². The lowest BCUT2D eigenvalue weighted by Crippen LogP contribution is -2.59. The Morgan fingerprint density at radius 1 is 0.688 bits per heavy atom. The standard InChI is InChI=1S/C24H32O8/c25-17(26)13-19(29)31-23(9-1-2-10-23)21-15-5-7-16(8-6-15)22(21)24(11-3-4-12-24)32-20(30)14-18(27)28/h5,7,15-16,21-22H,1-4,6,8-14H2,(H,25,26)(H,27,28). The second kappa shape index (κ2) is 8.87. The average Bonchev–Trinajstić information content (AvgIpc) is 3.38. The Balaban J connectivity index is 1.69.